The lowest BCUT2D eigenvalue weighted by atomic mass is 10.1. The Labute approximate surface area is 78.2 Å². The Bertz CT molecular complexity index is 111. The lowest BCUT2D eigenvalue weighted by Gasteiger charge is -1.99. The molecule has 0 atom stereocenters. The zero-order valence-corrected chi connectivity index (χ0v) is 7.66. The van der Waals surface area contributed by atoms with E-state index in [1.165, 1.54) is 6.47 Å². The number of carbonyl (C=O) groups is 1. The average molecular weight is 187 g/mol. The topological polar surface area (TPSA) is 52.6 Å². The van der Waals surface area contributed by atoms with Crippen molar-refractivity contribution in [3.8, 4) is 0 Å². The summed E-state index contributed by atoms with van der Waals surface area (Å²) in [6.07, 6.45) is 4.93. The van der Waals surface area contributed by atoms with Gasteiger partial charge in [-0.05, 0) is 12.8 Å². The molecule has 0 aliphatic heterocycles. The van der Waals surface area contributed by atoms with Gasteiger partial charge in [0.05, 0.1) is 13.2 Å². The van der Waals surface area contributed by atoms with E-state index in [1.54, 1.807) is 0 Å². The van der Waals surface area contributed by atoms with Crippen LogP contribution >= 0.6 is 0 Å². The first-order chi connectivity index (χ1) is 6.41. The fourth-order valence-corrected chi connectivity index (χ4v) is 0.980. The van der Waals surface area contributed by atoms with Crippen LogP contribution in [0, 0.1) is 0 Å². The predicted molar refractivity (Wildman–Crippen MR) is 46.7 cm³/mol. The monoisotopic (exact) mass is 187 g/mol. The molecular weight excluding hydrogens is 172 g/mol. The molecule has 0 aliphatic rings. The number of ether oxygens (including phenoxy) is 2. The number of hydrogen-bond donors (Lipinski definition) is 0. The van der Waals surface area contributed by atoms with E-state index in [4.69, 9.17) is 0 Å². The van der Waals surface area contributed by atoms with Crippen molar-refractivity contribution in [2.24, 2.45) is 0 Å². The standard InChI is InChI=1S/C9H15O4/c10-8-12-6-4-2-1-3-5-7-13-9-11/h8H,1-7H2. The van der Waals surface area contributed by atoms with Crippen molar-refractivity contribution in [2.75, 3.05) is 13.2 Å². The normalized spacial score (nSPS) is 9.23. The highest BCUT2D eigenvalue weighted by Gasteiger charge is 1.91. The molecule has 0 aliphatic carbocycles. The predicted octanol–water partition coefficient (Wildman–Crippen LogP) is 1.19. The van der Waals surface area contributed by atoms with Crippen LogP contribution in [0.5, 0.6) is 0 Å². The molecule has 0 saturated heterocycles. The highest BCUT2D eigenvalue weighted by Crippen LogP contribution is 2.02. The SMILES string of the molecule is O=[C]OCCCCCCCOC=O. The maximum Gasteiger partial charge on any atom is 0.417 e. The Morgan fingerprint density at radius 1 is 1.00 bits per heavy atom. The van der Waals surface area contributed by atoms with Crippen LogP contribution in [0.2, 0.25) is 0 Å². The molecule has 0 aromatic carbocycles. The molecule has 4 heteroatoms. The van der Waals surface area contributed by atoms with E-state index >= 15 is 0 Å². The second-order valence-corrected chi connectivity index (χ2v) is 2.67. The molecule has 0 fully saturated rings. The van der Waals surface area contributed by atoms with Crippen molar-refractivity contribution in [1.82, 2.24) is 0 Å². The first-order valence-electron chi connectivity index (χ1n) is 4.46. The zero-order chi connectivity index (χ0) is 9.78. The van der Waals surface area contributed by atoms with Gasteiger partial charge in [-0.2, -0.15) is 0 Å². The Balaban J connectivity index is 2.83. The smallest absolute Gasteiger partial charge is 0.417 e. The van der Waals surface area contributed by atoms with Crippen LogP contribution in [0.3, 0.4) is 0 Å². The first-order valence-corrected chi connectivity index (χ1v) is 4.46. The molecule has 0 N–H and O–H groups in total. The fraction of sp³-hybridized carbons (Fsp3) is 0.778. The van der Waals surface area contributed by atoms with Crippen LogP contribution in [0.15, 0.2) is 0 Å². The Morgan fingerprint density at radius 3 is 2.23 bits per heavy atom. The summed E-state index contributed by atoms with van der Waals surface area (Å²) in [5.41, 5.74) is 0. The van der Waals surface area contributed by atoms with Crippen LogP contribution in [-0.4, -0.2) is 26.2 Å². The third kappa shape index (κ3) is 10.9. The molecule has 0 amide bonds. The van der Waals surface area contributed by atoms with Gasteiger partial charge in [0.25, 0.3) is 6.47 Å². The molecule has 0 unspecified atom stereocenters. The third-order valence-electron chi connectivity index (χ3n) is 1.64. The summed E-state index contributed by atoms with van der Waals surface area (Å²) in [7, 11) is 0. The van der Waals surface area contributed by atoms with Crippen LogP contribution in [0.1, 0.15) is 32.1 Å². The molecule has 0 aromatic heterocycles. The molecule has 1 radical (unpaired) electrons. The van der Waals surface area contributed by atoms with E-state index in [0.717, 1.165) is 32.1 Å². The van der Waals surface area contributed by atoms with Gasteiger partial charge in [0.15, 0.2) is 0 Å². The summed E-state index contributed by atoms with van der Waals surface area (Å²) in [5.74, 6) is 0. The minimum atomic E-state index is 0.453. The van der Waals surface area contributed by atoms with Crippen molar-refractivity contribution in [1.29, 1.82) is 0 Å². The van der Waals surface area contributed by atoms with Gasteiger partial charge in [-0.3, -0.25) is 4.79 Å². The van der Waals surface area contributed by atoms with Gasteiger partial charge in [-0.1, -0.05) is 19.3 Å². The van der Waals surface area contributed by atoms with E-state index < -0.39 is 0 Å². The molecule has 4 nitrogen and oxygen atoms in total. The van der Waals surface area contributed by atoms with Crippen molar-refractivity contribution in [2.45, 2.75) is 32.1 Å². The van der Waals surface area contributed by atoms with Crippen molar-refractivity contribution in [3.63, 3.8) is 0 Å². The van der Waals surface area contributed by atoms with Gasteiger partial charge in [0, 0.05) is 0 Å². The first kappa shape index (κ1) is 11.9. The van der Waals surface area contributed by atoms with Crippen molar-refractivity contribution >= 4 is 12.9 Å². The van der Waals surface area contributed by atoms with Gasteiger partial charge in [-0.15, -0.1) is 0 Å². The van der Waals surface area contributed by atoms with Gasteiger partial charge >= 0.3 is 6.47 Å². The van der Waals surface area contributed by atoms with Gasteiger partial charge in [0.1, 0.15) is 0 Å². The number of hydrogen-bond acceptors (Lipinski definition) is 4. The van der Waals surface area contributed by atoms with Gasteiger partial charge in [0.2, 0.25) is 0 Å². The minimum absolute atomic E-state index is 0.453. The number of carbonyl (C=O) groups excluding carboxylic acids is 2. The quantitative estimate of drug-likeness (QED) is 0.381. The Hall–Kier alpha value is -1.06. The molecule has 0 rings (SSSR count). The van der Waals surface area contributed by atoms with Crippen molar-refractivity contribution in [3.05, 3.63) is 0 Å². The third-order valence-corrected chi connectivity index (χ3v) is 1.64. The molecular formula is C9H15O4. The molecule has 75 valence electrons. The molecule has 0 spiro atoms. The molecule has 13 heavy (non-hydrogen) atoms. The Morgan fingerprint density at radius 2 is 1.62 bits per heavy atom. The summed E-state index contributed by atoms with van der Waals surface area (Å²) in [4.78, 5) is 19.4. The second kappa shape index (κ2) is 10.9. The van der Waals surface area contributed by atoms with Crippen LogP contribution in [-0.2, 0) is 19.1 Å². The van der Waals surface area contributed by atoms with Crippen LogP contribution in [0.25, 0.3) is 0 Å². The van der Waals surface area contributed by atoms with E-state index in [-0.39, 0.29) is 0 Å². The summed E-state index contributed by atoms with van der Waals surface area (Å²) < 4.78 is 8.92. The molecule has 0 bridgehead atoms. The Kier molecular flexibility index (Phi) is 10.0. The summed E-state index contributed by atoms with van der Waals surface area (Å²) in [6.45, 7) is 2.80. The van der Waals surface area contributed by atoms with Crippen LogP contribution < -0.4 is 0 Å². The molecule has 0 saturated carbocycles. The highest BCUT2D eigenvalue weighted by molar-refractivity contribution is 5.38. The van der Waals surface area contributed by atoms with Crippen molar-refractivity contribution < 1.29 is 19.1 Å². The van der Waals surface area contributed by atoms with Gasteiger partial charge in [-0.25, -0.2) is 4.79 Å². The van der Waals surface area contributed by atoms with Gasteiger partial charge < -0.3 is 9.47 Å². The lowest BCUT2D eigenvalue weighted by Crippen LogP contribution is -1.93. The molecule has 0 heterocycles. The summed E-state index contributed by atoms with van der Waals surface area (Å²) in [5, 5.41) is 0. The summed E-state index contributed by atoms with van der Waals surface area (Å²) >= 11 is 0. The van der Waals surface area contributed by atoms with E-state index in [9.17, 15) is 9.59 Å². The largest absolute Gasteiger partial charge is 0.468 e. The number of rotatable bonds is 10. The second-order valence-electron chi connectivity index (χ2n) is 2.67. The average Bonchev–Trinajstić information content (AvgIpc) is 2.16. The van der Waals surface area contributed by atoms with E-state index in [2.05, 4.69) is 9.47 Å². The highest BCUT2D eigenvalue weighted by atomic mass is 16.5. The van der Waals surface area contributed by atoms with E-state index in [0.29, 0.717) is 19.7 Å². The number of unbranched alkanes of at least 4 members (excludes halogenated alkanes) is 4. The minimum Gasteiger partial charge on any atom is -0.468 e. The maximum atomic E-state index is 9.74. The fourth-order valence-electron chi connectivity index (χ4n) is 0.980. The van der Waals surface area contributed by atoms with Crippen LogP contribution in [0.4, 0.5) is 0 Å². The zero-order valence-electron chi connectivity index (χ0n) is 7.66. The maximum absolute atomic E-state index is 9.74. The molecule has 0 aromatic rings. The van der Waals surface area contributed by atoms with E-state index in [1.807, 2.05) is 0 Å². The summed E-state index contributed by atoms with van der Waals surface area (Å²) in [6, 6.07) is 0. The lowest BCUT2D eigenvalue weighted by molar-refractivity contribution is -0.128.